The summed E-state index contributed by atoms with van der Waals surface area (Å²) in [4.78, 5) is 0. The second-order valence-electron chi connectivity index (χ2n) is 0.0816. The normalized spacial score (nSPS) is 3.00. The molecular formula is H2CoMnNiO3. The van der Waals surface area contributed by atoms with E-state index >= 15 is 0 Å². The molecule has 0 bridgehead atoms. The van der Waals surface area contributed by atoms with Gasteiger partial charge in [-0.25, -0.2) is 10.5 Å². The second-order valence-corrected chi connectivity index (χ2v) is 0.0816. The van der Waals surface area contributed by atoms with Crippen LogP contribution in [0.2, 0.25) is 0 Å². The average Bonchev–Trinajstić information content (AvgIpc) is 0.918. The summed E-state index contributed by atoms with van der Waals surface area (Å²) < 4.78 is 0. The van der Waals surface area contributed by atoms with Crippen LogP contribution in [0.25, 0.3) is 0 Å². The second kappa shape index (κ2) is 32.4. The van der Waals surface area contributed by atoms with Crippen molar-refractivity contribution in [2.24, 2.45) is 0 Å². The third-order valence-corrected chi connectivity index (χ3v) is 0. The van der Waals surface area contributed by atoms with Gasteiger partial charge < -0.3 is 0 Å². The number of rotatable bonds is 0. The Morgan fingerprint density at radius 1 is 1.17 bits per heavy atom. The predicted octanol–water partition coefficient (Wildman–Crippen LogP) is -0.0585. The van der Waals surface area contributed by atoms with Crippen molar-refractivity contribution in [3.8, 4) is 0 Å². The molecule has 0 aromatic rings. The first-order valence-electron chi connectivity index (χ1n) is 0.365. The first-order valence-corrected chi connectivity index (χ1v) is 0.365. The van der Waals surface area contributed by atoms with E-state index in [2.05, 4.69) is 5.04 Å². The Morgan fingerprint density at radius 3 is 1.17 bits per heavy atom. The van der Waals surface area contributed by atoms with Crippen LogP contribution in [-0.4, -0.2) is 10.5 Å². The largest absolute Gasteiger partial charge is 0.221 e. The molecule has 0 unspecified atom stereocenters. The van der Waals surface area contributed by atoms with Gasteiger partial charge in [0, 0.05) is 50.3 Å². The van der Waals surface area contributed by atoms with Crippen LogP contribution in [0, 0.1) is 0 Å². The molecule has 6 heteroatoms. The van der Waals surface area contributed by atoms with E-state index in [-0.39, 0.29) is 50.3 Å². The predicted molar refractivity (Wildman–Crippen MR) is 6.34 cm³/mol. The Balaban J connectivity index is -0.00000000667. The fraction of sp³-hybridized carbons (Fsp3) is 0. The molecule has 46 valence electrons. The van der Waals surface area contributed by atoms with Gasteiger partial charge in [0.2, 0.25) is 0 Å². The van der Waals surface area contributed by atoms with Crippen LogP contribution >= 0.6 is 0 Å². The SMILES string of the molecule is OOO.[Co].[Mn].[Ni]. The first kappa shape index (κ1) is 26.2. The molecule has 0 aromatic heterocycles. The maximum Gasteiger partial charge on any atom is 0 e. The topological polar surface area (TPSA) is 49.7 Å². The Kier molecular flexibility index (Phi) is 142. The van der Waals surface area contributed by atoms with Crippen molar-refractivity contribution in [1.82, 2.24) is 0 Å². The molecule has 0 aliphatic rings. The van der Waals surface area contributed by atoms with Gasteiger partial charge in [-0.05, 0) is 0 Å². The van der Waals surface area contributed by atoms with Crippen LogP contribution in [0.4, 0.5) is 0 Å². The quantitative estimate of drug-likeness (QED) is 0.343. The van der Waals surface area contributed by atoms with Crippen LogP contribution in [0.1, 0.15) is 0 Å². The zero-order valence-electron chi connectivity index (χ0n) is 2.33. The molecule has 0 atom stereocenters. The van der Waals surface area contributed by atoms with Crippen molar-refractivity contribution >= 4 is 0 Å². The van der Waals surface area contributed by atoms with Crippen molar-refractivity contribution < 1.29 is 65.9 Å². The zero-order valence-corrected chi connectivity index (χ0v) is 5.54. The van der Waals surface area contributed by atoms with Crippen molar-refractivity contribution in [2.75, 3.05) is 0 Å². The Morgan fingerprint density at radius 2 is 1.17 bits per heavy atom. The molecule has 0 saturated carbocycles. The molecule has 0 amide bonds. The fourth-order valence-corrected chi connectivity index (χ4v) is 0. The van der Waals surface area contributed by atoms with Gasteiger partial charge in [0.25, 0.3) is 0 Å². The Labute approximate surface area is 65.9 Å². The van der Waals surface area contributed by atoms with Gasteiger partial charge in [-0.1, -0.05) is 5.04 Å². The van der Waals surface area contributed by atoms with E-state index in [1.54, 1.807) is 0 Å². The Bertz CT molecular complexity index is 10.8. The van der Waals surface area contributed by atoms with E-state index in [9.17, 15) is 0 Å². The summed E-state index contributed by atoms with van der Waals surface area (Å²) in [6, 6.07) is 0. The van der Waals surface area contributed by atoms with E-state index in [1.807, 2.05) is 0 Å². The molecule has 3 nitrogen and oxygen atoms in total. The first-order chi connectivity index (χ1) is 1.41. The molecule has 2 radical (unpaired) electrons. The summed E-state index contributed by atoms with van der Waals surface area (Å²) in [6.07, 6.45) is 0. The van der Waals surface area contributed by atoms with Gasteiger partial charge in [-0.3, -0.25) is 0 Å². The maximum atomic E-state index is 6.62. The summed E-state index contributed by atoms with van der Waals surface area (Å²) in [6.45, 7) is 0. The van der Waals surface area contributed by atoms with E-state index in [0.717, 1.165) is 0 Å². The van der Waals surface area contributed by atoms with Crippen molar-refractivity contribution in [3.05, 3.63) is 0 Å². The molecule has 0 saturated heterocycles. The third-order valence-electron chi connectivity index (χ3n) is 0. The molecule has 0 aliphatic carbocycles. The maximum absolute atomic E-state index is 6.62. The Hall–Kier alpha value is 1.40. The number of hydrogen-bond acceptors (Lipinski definition) is 3. The van der Waals surface area contributed by atoms with Crippen LogP contribution in [0.3, 0.4) is 0 Å². The van der Waals surface area contributed by atoms with Crippen molar-refractivity contribution in [2.45, 2.75) is 0 Å². The van der Waals surface area contributed by atoms with Gasteiger partial charge in [-0.15, -0.1) is 0 Å². The average molecular weight is 223 g/mol. The molecule has 0 rings (SSSR count). The molecular weight excluding hydrogens is 221 g/mol. The van der Waals surface area contributed by atoms with Crippen molar-refractivity contribution in [3.63, 3.8) is 0 Å². The molecule has 0 fully saturated rings. The molecule has 2 N–H and O–H groups in total. The summed E-state index contributed by atoms with van der Waals surface area (Å²) in [7, 11) is 0. The smallest absolute Gasteiger partial charge is 0 e. The molecule has 0 aromatic carbocycles. The van der Waals surface area contributed by atoms with E-state index in [1.165, 1.54) is 0 Å². The van der Waals surface area contributed by atoms with Crippen LogP contribution in [-0.2, 0) is 55.4 Å². The molecule has 0 spiro atoms. The van der Waals surface area contributed by atoms with Crippen LogP contribution in [0.5, 0.6) is 0 Å². The summed E-state index contributed by atoms with van der Waals surface area (Å²) in [5.41, 5.74) is 0. The summed E-state index contributed by atoms with van der Waals surface area (Å²) in [5.74, 6) is 0. The van der Waals surface area contributed by atoms with Gasteiger partial charge in [0.1, 0.15) is 0 Å². The van der Waals surface area contributed by atoms with E-state index < -0.39 is 0 Å². The summed E-state index contributed by atoms with van der Waals surface area (Å²) in [5, 5.41) is 15.5. The van der Waals surface area contributed by atoms with Gasteiger partial charge in [-0.2, -0.15) is 0 Å². The number of hydrogen-bond donors (Lipinski definition) is 2. The van der Waals surface area contributed by atoms with Crippen molar-refractivity contribution in [1.29, 1.82) is 0 Å². The standard InChI is InChI=1S/Co.Mn.Ni.H2O3/c;;;1-3-2/h;;;1-2H. The zero-order chi connectivity index (χ0) is 2.71. The van der Waals surface area contributed by atoms with Crippen LogP contribution < -0.4 is 0 Å². The van der Waals surface area contributed by atoms with Gasteiger partial charge in [0.05, 0.1) is 0 Å². The van der Waals surface area contributed by atoms with Gasteiger partial charge in [0.15, 0.2) is 0 Å². The monoisotopic (exact) mass is 222 g/mol. The van der Waals surface area contributed by atoms with E-state index in [4.69, 9.17) is 10.5 Å². The third kappa shape index (κ3) is 53.4. The van der Waals surface area contributed by atoms with Crippen LogP contribution in [0.15, 0.2) is 0 Å². The minimum absolute atomic E-state index is 0. The molecule has 0 aliphatic heterocycles. The molecule has 0 heterocycles. The summed E-state index contributed by atoms with van der Waals surface area (Å²) >= 11 is 0. The van der Waals surface area contributed by atoms with Gasteiger partial charge >= 0.3 is 0 Å². The minimum Gasteiger partial charge on any atom is -0.221 e. The minimum atomic E-state index is 0. The fourth-order valence-electron chi connectivity index (χ4n) is 0. The molecule has 6 heavy (non-hydrogen) atoms. The van der Waals surface area contributed by atoms with E-state index in [0.29, 0.717) is 0 Å².